The summed E-state index contributed by atoms with van der Waals surface area (Å²) >= 11 is 0. The molecule has 2 heteroatoms. The normalized spacial score (nSPS) is 25.2. The van der Waals surface area contributed by atoms with E-state index in [1.54, 1.807) is 0 Å². The summed E-state index contributed by atoms with van der Waals surface area (Å²) in [6, 6.07) is 11.2. The largest absolute Gasteiger partial charge is 0.326 e. The Kier molecular flexibility index (Phi) is 5.21. The molecule has 0 amide bonds. The molecular weight excluding hydrogens is 220 g/mol. The van der Waals surface area contributed by atoms with E-state index in [1.165, 1.54) is 44.3 Å². The standard InChI is InChI=1S/C16H26N2/c1-14-10-12-18(13-16(14)17)11-6-5-9-15-7-3-2-4-8-15/h2-4,7-8,14,16H,5-6,9-13,17H2,1H3. The Morgan fingerprint density at radius 2 is 2.00 bits per heavy atom. The molecule has 2 rings (SSSR count). The van der Waals surface area contributed by atoms with Crippen LogP contribution in [0.4, 0.5) is 0 Å². The zero-order valence-corrected chi connectivity index (χ0v) is 11.5. The molecule has 0 radical (unpaired) electrons. The van der Waals surface area contributed by atoms with Crippen LogP contribution in [0.5, 0.6) is 0 Å². The number of piperidine rings is 1. The number of aryl methyl sites for hydroxylation is 1. The maximum absolute atomic E-state index is 6.12. The highest BCUT2D eigenvalue weighted by Gasteiger charge is 2.22. The molecule has 0 spiro atoms. The van der Waals surface area contributed by atoms with Crippen molar-refractivity contribution in [1.29, 1.82) is 0 Å². The lowest BCUT2D eigenvalue weighted by atomic mass is 9.94. The highest BCUT2D eigenvalue weighted by molar-refractivity contribution is 5.14. The molecule has 2 N–H and O–H groups in total. The number of nitrogens with zero attached hydrogens (tertiary/aromatic N) is 1. The summed E-state index contributed by atoms with van der Waals surface area (Å²) in [6.07, 6.45) is 5.04. The Morgan fingerprint density at radius 3 is 2.72 bits per heavy atom. The average molecular weight is 246 g/mol. The van der Waals surface area contributed by atoms with Crippen molar-refractivity contribution in [2.45, 2.75) is 38.6 Å². The summed E-state index contributed by atoms with van der Waals surface area (Å²) in [6.45, 7) is 5.82. The van der Waals surface area contributed by atoms with E-state index in [9.17, 15) is 0 Å². The van der Waals surface area contributed by atoms with Crippen molar-refractivity contribution in [2.24, 2.45) is 11.7 Å². The average Bonchev–Trinajstić information content (AvgIpc) is 2.40. The Balaban J connectivity index is 1.61. The van der Waals surface area contributed by atoms with Crippen molar-refractivity contribution < 1.29 is 0 Å². The van der Waals surface area contributed by atoms with Gasteiger partial charge in [0, 0.05) is 12.6 Å². The van der Waals surface area contributed by atoms with Crippen molar-refractivity contribution >= 4 is 0 Å². The first-order valence-electron chi connectivity index (χ1n) is 7.27. The highest BCUT2D eigenvalue weighted by Crippen LogP contribution is 2.16. The quantitative estimate of drug-likeness (QED) is 0.809. The maximum atomic E-state index is 6.12. The molecule has 0 bridgehead atoms. The second-order valence-corrected chi connectivity index (χ2v) is 5.67. The first kappa shape index (κ1) is 13.6. The molecular formula is C16H26N2. The smallest absolute Gasteiger partial charge is 0.0194 e. The van der Waals surface area contributed by atoms with E-state index in [0.717, 1.165) is 6.54 Å². The fourth-order valence-corrected chi connectivity index (χ4v) is 2.68. The zero-order valence-electron chi connectivity index (χ0n) is 11.5. The molecule has 1 aromatic carbocycles. The van der Waals surface area contributed by atoms with Crippen LogP contribution in [0.1, 0.15) is 31.7 Å². The molecule has 0 saturated carbocycles. The van der Waals surface area contributed by atoms with E-state index < -0.39 is 0 Å². The Morgan fingerprint density at radius 1 is 1.22 bits per heavy atom. The van der Waals surface area contributed by atoms with Gasteiger partial charge in [0.15, 0.2) is 0 Å². The fourth-order valence-electron chi connectivity index (χ4n) is 2.68. The molecule has 2 nitrogen and oxygen atoms in total. The van der Waals surface area contributed by atoms with E-state index in [-0.39, 0.29) is 0 Å². The van der Waals surface area contributed by atoms with Crippen molar-refractivity contribution in [2.75, 3.05) is 19.6 Å². The third kappa shape index (κ3) is 4.11. The van der Waals surface area contributed by atoms with Gasteiger partial charge in [-0.2, -0.15) is 0 Å². The summed E-state index contributed by atoms with van der Waals surface area (Å²) in [7, 11) is 0. The maximum Gasteiger partial charge on any atom is 0.0194 e. The van der Waals surface area contributed by atoms with Crippen LogP contribution in [0.15, 0.2) is 30.3 Å². The third-order valence-corrected chi connectivity index (χ3v) is 4.13. The van der Waals surface area contributed by atoms with Crippen LogP contribution in [0.25, 0.3) is 0 Å². The van der Waals surface area contributed by atoms with Crippen LogP contribution in [0, 0.1) is 5.92 Å². The fraction of sp³-hybridized carbons (Fsp3) is 0.625. The molecule has 2 unspecified atom stereocenters. The summed E-state index contributed by atoms with van der Waals surface area (Å²) in [5.74, 6) is 0.700. The molecule has 1 aliphatic heterocycles. The predicted molar refractivity (Wildman–Crippen MR) is 77.6 cm³/mol. The summed E-state index contributed by atoms with van der Waals surface area (Å²) < 4.78 is 0. The van der Waals surface area contributed by atoms with Gasteiger partial charge in [-0.15, -0.1) is 0 Å². The first-order valence-corrected chi connectivity index (χ1v) is 7.27. The van der Waals surface area contributed by atoms with Crippen LogP contribution in [-0.2, 0) is 6.42 Å². The Labute approximate surface area is 111 Å². The summed E-state index contributed by atoms with van der Waals surface area (Å²) in [4.78, 5) is 2.54. The molecule has 2 atom stereocenters. The SMILES string of the molecule is CC1CCN(CCCCc2ccccc2)CC1N. The molecule has 1 aliphatic rings. The summed E-state index contributed by atoms with van der Waals surface area (Å²) in [5.41, 5.74) is 7.58. The van der Waals surface area contributed by atoms with Crippen LogP contribution in [0.2, 0.25) is 0 Å². The molecule has 100 valence electrons. The molecule has 0 aromatic heterocycles. The third-order valence-electron chi connectivity index (χ3n) is 4.13. The Bertz CT molecular complexity index is 336. The minimum atomic E-state index is 0.382. The van der Waals surface area contributed by atoms with Gasteiger partial charge in [-0.25, -0.2) is 0 Å². The topological polar surface area (TPSA) is 29.3 Å². The van der Waals surface area contributed by atoms with Gasteiger partial charge < -0.3 is 10.6 Å². The molecule has 18 heavy (non-hydrogen) atoms. The van der Waals surface area contributed by atoms with E-state index in [2.05, 4.69) is 42.2 Å². The van der Waals surface area contributed by atoms with Gasteiger partial charge in [0.2, 0.25) is 0 Å². The van der Waals surface area contributed by atoms with Gasteiger partial charge in [0.25, 0.3) is 0 Å². The number of unbranched alkanes of at least 4 members (excludes halogenated alkanes) is 1. The number of likely N-dealkylation sites (tertiary alicyclic amines) is 1. The molecule has 1 heterocycles. The van der Waals surface area contributed by atoms with Crippen LogP contribution >= 0.6 is 0 Å². The minimum absolute atomic E-state index is 0.382. The lowest BCUT2D eigenvalue weighted by Crippen LogP contribution is -2.47. The second kappa shape index (κ2) is 6.91. The van der Waals surface area contributed by atoms with Crippen molar-refractivity contribution in [3.05, 3.63) is 35.9 Å². The van der Waals surface area contributed by atoms with Crippen LogP contribution in [0.3, 0.4) is 0 Å². The zero-order chi connectivity index (χ0) is 12.8. The van der Waals surface area contributed by atoms with Crippen LogP contribution < -0.4 is 5.73 Å². The molecule has 1 fully saturated rings. The number of hydrogen-bond acceptors (Lipinski definition) is 2. The second-order valence-electron chi connectivity index (χ2n) is 5.67. The first-order chi connectivity index (χ1) is 8.75. The molecule has 1 aromatic rings. The lowest BCUT2D eigenvalue weighted by Gasteiger charge is -2.35. The number of rotatable bonds is 5. The van der Waals surface area contributed by atoms with E-state index >= 15 is 0 Å². The van der Waals surface area contributed by atoms with Crippen molar-refractivity contribution in [3.63, 3.8) is 0 Å². The molecule has 0 aliphatic carbocycles. The van der Waals surface area contributed by atoms with E-state index in [4.69, 9.17) is 5.73 Å². The highest BCUT2D eigenvalue weighted by atomic mass is 15.1. The molecule has 1 saturated heterocycles. The van der Waals surface area contributed by atoms with Gasteiger partial charge in [0.1, 0.15) is 0 Å². The van der Waals surface area contributed by atoms with Gasteiger partial charge in [-0.1, -0.05) is 37.3 Å². The van der Waals surface area contributed by atoms with E-state index in [0.29, 0.717) is 12.0 Å². The van der Waals surface area contributed by atoms with Gasteiger partial charge in [-0.05, 0) is 50.3 Å². The number of hydrogen-bond donors (Lipinski definition) is 1. The Hall–Kier alpha value is -0.860. The van der Waals surface area contributed by atoms with Crippen molar-refractivity contribution in [1.82, 2.24) is 4.90 Å². The van der Waals surface area contributed by atoms with Gasteiger partial charge >= 0.3 is 0 Å². The predicted octanol–water partition coefficient (Wildman–Crippen LogP) is 2.68. The minimum Gasteiger partial charge on any atom is -0.326 e. The van der Waals surface area contributed by atoms with E-state index in [1.807, 2.05) is 0 Å². The number of benzene rings is 1. The van der Waals surface area contributed by atoms with Gasteiger partial charge in [0.05, 0.1) is 0 Å². The lowest BCUT2D eigenvalue weighted by molar-refractivity contribution is 0.166. The van der Waals surface area contributed by atoms with Gasteiger partial charge in [-0.3, -0.25) is 0 Å². The van der Waals surface area contributed by atoms with Crippen molar-refractivity contribution in [3.8, 4) is 0 Å². The monoisotopic (exact) mass is 246 g/mol. The number of nitrogens with two attached hydrogens (primary N) is 1. The van der Waals surface area contributed by atoms with Crippen LogP contribution in [-0.4, -0.2) is 30.6 Å². The summed E-state index contributed by atoms with van der Waals surface area (Å²) in [5, 5.41) is 0.